The maximum Gasteiger partial charge on any atom is 0.269 e. The van der Waals surface area contributed by atoms with Gasteiger partial charge in [0.1, 0.15) is 0 Å². The Morgan fingerprint density at radius 1 is 1.50 bits per heavy atom. The third-order valence-electron chi connectivity index (χ3n) is 3.16. The molecule has 0 radical (unpaired) electrons. The van der Waals surface area contributed by atoms with Crippen LogP contribution in [0, 0.1) is 10.1 Å². The lowest BCUT2D eigenvalue weighted by atomic mass is 10.1. The highest BCUT2D eigenvalue weighted by atomic mass is 16.6. The average Bonchev–Trinajstić information content (AvgIpc) is 3.14. The first kappa shape index (κ1) is 12.8. The highest BCUT2D eigenvalue weighted by molar-refractivity contribution is 5.52. The van der Waals surface area contributed by atoms with Gasteiger partial charge in [-0.3, -0.25) is 15.0 Å². The summed E-state index contributed by atoms with van der Waals surface area (Å²) in [6.45, 7) is 1.22. The molecular weight excluding hydrogens is 234 g/mol. The zero-order chi connectivity index (χ0) is 13.1. The lowest BCUT2D eigenvalue weighted by Crippen LogP contribution is -2.29. The predicted octanol–water partition coefficient (Wildman–Crippen LogP) is 1.13. The molecule has 1 aromatic carbocycles. The van der Waals surface area contributed by atoms with Gasteiger partial charge in [0, 0.05) is 37.0 Å². The van der Waals surface area contributed by atoms with E-state index in [1.165, 1.54) is 12.1 Å². The molecule has 1 aromatic rings. The molecule has 2 rings (SSSR count). The van der Waals surface area contributed by atoms with Crippen LogP contribution in [-0.4, -0.2) is 34.1 Å². The number of nitrogens with zero attached hydrogens (tertiary/aromatic N) is 2. The van der Waals surface area contributed by atoms with E-state index in [1.807, 2.05) is 0 Å². The Bertz CT molecular complexity index is 446. The van der Waals surface area contributed by atoms with Gasteiger partial charge >= 0.3 is 0 Å². The summed E-state index contributed by atoms with van der Waals surface area (Å²) in [6.07, 6.45) is 2.24. The molecule has 0 bridgehead atoms. The number of aliphatic hydroxyl groups excluding tert-OH is 1. The molecule has 3 N–H and O–H groups in total. The highest BCUT2D eigenvalue weighted by Crippen LogP contribution is 2.30. The minimum atomic E-state index is -0.420. The SMILES string of the molecule is Nc1ccc([N+](=O)[O-])cc1CN(CCO)C1CC1. The van der Waals surface area contributed by atoms with Gasteiger partial charge in [0.25, 0.3) is 5.69 Å². The van der Waals surface area contributed by atoms with E-state index in [0.29, 0.717) is 24.8 Å². The van der Waals surface area contributed by atoms with Crippen LogP contribution in [0.15, 0.2) is 18.2 Å². The number of rotatable bonds is 6. The van der Waals surface area contributed by atoms with Gasteiger partial charge in [-0.25, -0.2) is 0 Å². The maximum absolute atomic E-state index is 10.7. The summed E-state index contributed by atoms with van der Waals surface area (Å²) in [5.74, 6) is 0. The Hall–Kier alpha value is -1.66. The first-order valence-electron chi connectivity index (χ1n) is 5.99. The zero-order valence-electron chi connectivity index (χ0n) is 10.1. The van der Waals surface area contributed by atoms with Gasteiger partial charge in [-0.05, 0) is 24.5 Å². The Balaban J connectivity index is 2.15. The summed E-state index contributed by atoms with van der Waals surface area (Å²) in [6, 6.07) is 4.97. The smallest absolute Gasteiger partial charge is 0.269 e. The van der Waals surface area contributed by atoms with Gasteiger partial charge in [0.15, 0.2) is 0 Å². The Kier molecular flexibility index (Phi) is 3.78. The second-order valence-electron chi connectivity index (χ2n) is 4.57. The molecule has 0 unspecified atom stereocenters. The summed E-state index contributed by atoms with van der Waals surface area (Å²) in [4.78, 5) is 12.4. The van der Waals surface area contributed by atoms with Crippen LogP contribution in [0.1, 0.15) is 18.4 Å². The van der Waals surface area contributed by atoms with Crippen molar-refractivity contribution in [1.82, 2.24) is 4.90 Å². The van der Waals surface area contributed by atoms with E-state index in [2.05, 4.69) is 4.90 Å². The van der Waals surface area contributed by atoms with Gasteiger partial charge in [0.2, 0.25) is 0 Å². The van der Waals surface area contributed by atoms with Crippen LogP contribution in [0.2, 0.25) is 0 Å². The topological polar surface area (TPSA) is 92.6 Å². The molecule has 6 heteroatoms. The van der Waals surface area contributed by atoms with Crippen molar-refractivity contribution in [2.45, 2.75) is 25.4 Å². The van der Waals surface area contributed by atoms with Gasteiger partial charge < -0.3 is 10.8 Å². The molecule has 0 aliphatic heterocycles. The molecule has 0 amide bonds. The molecule has 0 atom stereocenters. The van der Waals surface area contributed by atoms with Crippen molar-refractivity contribution in [3.8, 4) is 0 Å². The first-order chi connectivity index (χ1) is 8.61. The van der Waals surface area contributed by atoms with Gasteiger partial charge in [-0.1, -0.05) is 0 Å². The van der Waals surface area contributed by atoms with Crippen LogP contribution in [-0.2, 0) is 6.54 Å². The molecule has 1 aliphatic rings. The number of benzene rings is 1. The van der Waals surface area contributed by atoms with E-state index in [-0.39, 0.29) is 12.3 Å². The van der Waals surface area contributed by atoms with Crippen molar-refractivity contribution < 1.29 is 10.0 Å². The number of aliphatic hydroxyl groups is 1. The third kappa shape index (κ3) is 2.96. The van der Waals surface area contributed by atoms with Crippen LogP contribution in [0.3, 0.4) is 0 Å². The quantitative estimate of drug-likeness (QED) is 0.449. The van der Waals surface area contributed by atoms with Crippen LogP contribution >= 0.6 is 0 Å². The number of hydrogen-bond donors (Lipinski definition) is 2. The average molecular weight is 251 g/mol. The van der Waals surface area contributed by atoms with Crippen molar-refractivity contribution >= 4 is 11.4 Å². The molecular formula is C12H17N3O3. The number of nitrogens with two attached hydrogens (primary N) is 1. The fourth-order valence-corrected chi connectivity index (χ4v) is 2.02. The van der Waals surface area contributed by atoms with Gasteiger partial charge in [-0.15, -0.1) is 0 Å². The van der Waals surface area contributed by atoms with E-state index in [9.17, 15) is 10.1 Å². The lowest BCUT2D eigenvalue weighted by Gasteiger charge is -2.21. The standard InChI is InChI=1S/C12H17N3O3/c13-12-4-3-11(15(17)18)7-9(12)8-14(5-6-16)10-1-2-10/h3-4,7,10,16H,1-2,5-6,8,13H2. The fraction of sp³-hybridized carbons (Fsp3) is 0.500. The largest absolute Gasteiger partial charge is 0.398 e. The molecule has 0 heterocycles. The molecule has 0 spiro atoms. The van der Waals surface area contributed by atoms with Crippen LogP contribution in [0.4, 0.5) is 11.4 Å². The van der Waals surface area contributed by atoms with Crippen LogP contribution in [0.5, 0.6) is 0 Å². The summed E-state index contributed by atoms with van der Waals surface area (Å²) >= 11 is 0. The number of anilines is 1. The van der Waals surface area contributed by atoms with Gasteiger partial charge in [-0.2, -0.15) is 0 Å². The van der Waals surface area contributed by atoms with Crippen molar-refractivity contribution in [2.75, 3.05) is 18.9 Å². The van der Waals surface area contributed by atoms with Crippen LogP contribution in [0.25, 0.3) is 0 Å². The molecule has 6 nitrogen and oxygen atoms in total. The predicted molar refractivity (Wildman–Crippen MR) is 68.0 cm³/mol. The van der Waals surface area contributed by atoms with E-state index < -0.39 is 4.92 Å². The second kappa shape index (κ2) is 5.32. The van der Waals surface area contributed by atoms with Crippen molar-refractivity contribution in [3.05, 3.63) is 33.9 Å². The molecule has 98 valence electrons. The van der Waals surface area contributed by atoms with E-state index in [4.69, 9.17) is 10.8 Å². The Morgan fingerprint density at radius 3 is 2.78 bits per heavy atom. The Labute approximate surface area is 105 Å². The molecule has 0 aromatic heterocycles. The highest BCUT2D eigenvalue weighted by Gasteiger charge is 2.29. The molecule has 1 fully saturated rings. The Morgan fingerprint density at radius 2 is 2.22 bits per heavy atom. The van der Waals surface area contributed by atoms with Crippen molar-refractivity contribution in [2.24, 2.45) is 0 Å². The summed E-state index contributed by atoms with van der Waals surface area (Å²) in [5, 5.41) is 19.8. The molecule has 1 saturated carbocycles. The van der Waals surface area contributed by atoms with E-state index in [1.54, 1.807) is 6.07 Å². The summed E-state index contributed by atoms with van der Waals surface area (Å²) < 4.78 is 0. The normalized spacial score (nSPS) is 15.0. The number of nitro benzene ring substituents is 1. The maximum atomic E-state index is 10.7. The zero-order valence-corrected chi connectivity index (χ0v) is 10.1. The third-order valence-corrected chi connectivity index (χ3v) is 3.16. The second-order valence-corrected chi connectivity index (χ2v) is 4.57. The number of non-ortho nitro benzene ring substituents is 1. The molecule has 18 heavy (non-hydrogen) atoms. The van der Waals surface area contributed by atoms with Crippen LogP contribution < -0.4 is 5.73 Å². The summed E-state index contributed by atoms with van der Waals surface area (Å²) in [7, 11) is 0. The molecule has 0 saturated heterocycles. The number of hydrogen-bond acceptors (Lipinski definition) is 5. The first-order valence-corrected chi connectivity index (χ1v) is 5.99. The van der Waals surface area contributed by atoms with Gasteiger partial charge in [0.05, 0.1) is 11.5 Å². The minimum absolute atomic E-state index is 0.0546. The molecule has 1 aliphatic carbocycles. The summed E-state index contributed by atoms with van der Waals surface area (Å²) in [5.41, 5.74) is 7.21. The number of nitrogen functional groups attached to an aromatic ring is 1. The van der Waals surface area contributed by atoms with Crippen molar-refractivity contribution in [3.63, 3.8) is 0 Å². The van der Waals surface area contributed by atoms with Crippen molar-refractivity contribution in [1.29, 1.82) is 0 Å². The van der Waals surface area contributed by atoms with E-state index in [0.717, 1.165) is 18.4 Å². The minimum Gasteiger partial charge on any atom is -0.398 e. The number of nitro groups is 1. The fourth-order valence-electron chi connectivity index (χ4n) is 2.02. The monoisotopic (exact) mass is 251 g/mol. The van der Waals surface area contributed by atoms with E-state index >= 15 is 0 Å². The lowest BCUT2D eigenvalue weighted by molar-refractivity contribution is -0.384.